The molecule has 0 saturated heterocycles. The molecule has 1 fully saturated rings. The van der Waals surface area contributed by atoms with Crippen molar-refractivity contribution in [1.82, 2.24) is 10.3 Å². The summed E-state index contributed by atoms with van der Waals surface area (Å²) in [7, 11) is -4.47. The molecule has 1 aromatic heterocycles. The standard InChI is InChI=1S/C26H20F8N2O3S/c27-19-5-7-21(8-6-19)40(38,39)23(12-9-20(15-23)36-22(37)16-10-13-35-14-11-16)17-1-3-18(4-2-17)24(28,25(29,30)31)26(32,33)34/h1-8,10-11,13-14,20H,9,12,15H2,(H,36,37)/t20-,23+/m1/s1. The zero-order valence-electron chi connectivity index (χ0n) is 20.2. The molecule has 1 saturated carbocycles. The summed E-state index contributed by atoms with van der Waals surface area (Å²) in [4.78, 5) is 16.1. The maximum atomic E-state index is 14.6. The fourth-order valence-electron chi connectivity index (χ4n) is 4.90. The predicted molar refractivity (Wildman–Crippen MR) is 126 cm³/mol. The maximum absolute atomic E-state index is 14.6. The van der Waals surface area contributed by atoms with E-state index in [-0.39, 0.29) is 47.4 Å². The van der Waals surface area contributed by atoms with Gasteiger partial charge in [0, 0.05) is 29.6 Å². The first-order valence-corrected chi connectivity index (χ1v) is 13.2. The minimum atomic E-state index is -6.35. The van der Waals surface area contributed by atoms with Gasteiger partial charge in [-0.1, -0.05) is 24.3 Å². The van der Waals surface area contributed by atoms with E-state index in [0.717, 1.165) is 24.3 Å². The van der Waals surface area contributed by atoms with E-state index in [1.54, 1.807) is 0 Å². The molecule has 40 heavy (non-hydrogen) atoms. The van der Waals surface area contributed by atoms with Crippen molar-refractivity contribution in [3.63, 3.8) is 0 Å². The summed E-state index contributed by atoms with van der Waals surface area (Å²) >= 11 is 0. The van der Waals surface area contributed by atoms with Crippen LogP contribution in [0.2, 0.25) is 0 Å². The average Bonchev–Trinajstić information content (AvgIpc) is 3.33. The van der Waals surface area contributed by atoms with Crippen LogP contribution in [0.3, 0.4) is 0 Å². The number of benzene rings is 2. The van der Waals surface area contributed by atoms with Gasteiger partial charge < -0.3 is 5.32 Å². The minimum absolute atomic E-state index is 0.0666. The Morgan fingerprint density at radius 1 is 0.850 bits per heavy atom. The monoisotopic (exact) mass is 592 g/mol. The second-order valence-electron chi connectivity index (χ2n) is 9.33. The van der Waals surface area contributed by atoms with Crippen LogP contribution in [0.1, 0.15) is 40.7 Å². The molecule has 0 unspecified atom stereocenters. The number of alkyl halides is 7. The fourth-order valence-corrected chi connectivity index (χ4v) is 7.10. The van der Waals surface area contributed by atoms with E-state index in [9.17, 15) is 48.3 Å². The molecule has 3 aromatic rings. The SMILES string of the molecule is O=C(N[C@@H]1CC[C@](c2ccc(C(F)(C(F)(F)F)C(F)(F)F)cc2)(S(=O)(=O)c2ccc(F)cc2)C1)c1ccncc1. The Hall–Kier alpha value is -3.55. The number of nitrogens with one attached hydrogen (secondary N) is 1. The van der Waals surface area contributed by atoms with Gasteiger partial charge in [-0.3, -0.25) is 9.78 Å². The van der Waals surface area contributed by atoms with E-state index >= 15 is 0 Å². The van der Waals surface area contributed by atoms with E-state index in [4.69, 9.17) is 0 Å². The van der Waals surface area contributed by atoms with Crippen molar-refractivity contribution in [2.24, 2.45) is 0 Å². The first kappa shape index (κ1) is 29.4. The van der Waals surface area contributed by atoms with Gasteiger partial charge in [-0.15, -0.1) is 0 Å². The molecule has 0 bridgehead atoms. The lowest BCUT2D eigenvalue weighted by Crippen LogP contribution is -2.50. The van der Waals surface area contributed by atoms with Crippen molar-refractivity contribution < 1.29 is 48.3 Å². The van der Waals surface area contributed by atoms with Gasteiger partial charge in [0.15, 0.2) is 9.84 Å². The molecule has 0 aliphatic heterocycles. The second kappa shape index (κ2) is 10.1. The minimum Gasteiger partial charge on any atom is -0.349 e. The van der Waals surface area contributed by atoms with E-state index < -0.39 is 55.9 Å². The van der Waals surface area contributed by atoms with Gasteiger partial charge >= 0.3 is 18.0 Å². The number of rotatable bonds is 6. The van der Waals surface area contributed by atoms with Gasteiger partial charge in [0.05, 0.1) is 4.90 Å². The maximum Gasteiger partial charge on any atom is 0.435 e. The second-order valence-corrected chi connectivity index (χ2v) is 11.6. The lowest BCUT2D eigenvalue weighted by Gasteiger charge is -2.32. The first-order chi connectivity index (χ1) is 18.5. The first-order valence-electron chi connectivity index (χ1n) is 11.7. The summed E-state index contributed by atoms with van der Waals surface area (Å²) in [6, 6.07) is 7.67. The largest absolute Gasteiger partial charge is 0.435 e. The van der Waals surface area contributed by atoms with Crippen LogP contribution in [0, 0.1) is 5.82 Å². The number of nitrogens with zero attached hydrogens (tertiary/aromatic N) is 1. The number of aromatic nitrogens is 1. The molecule has 1 heterocycles. The van der Waals surface area contributed by atoms with Crippen LogP contribution in [0.25, 0.3) is 0 Å². The normalized spacial score (nSPS) is 20.4. The van der Waals surface area contributed by atoms with Crippen molar-refractivity contribution in [3.8, 4) is 0 Å². The molecule has 1 amide bonds. The molecule has 0 radical (unpaired) electrons. The number of carbonyl (C=O) groups is 1. The summed E-state index contributed by atoms with van der Waals surface area (Å²) in [5.41, 5.74) is -7.46. The number of halogens is 8. The highest BCUT2D eigenvalue weighted by Crippen LogP contribution is 2.54. The number of sulfone groups is 1. The van der Waals surface area contributed by atoms with Gasteiger partial charge in [0.2, 0.25) is 0 Å². The molecule has 214 valence electrons. The van der Waals surface area contributed by atoms with Gasteiger partial charge in [0.1, 0.15) is 10.6 Å². The molecule has 5 nitrogen and oxygen atoms in total. The highest BCUT2D eigenvalue weighted by Gasteiger charge is 2.73. The molecule has 14 heteroatoms. The predicted octanol–water partition coefficient (Wildman–Crippen LogP) is 6.16. The van der Waals surface area contributed by atoms with Crippen LogP contribution < -0.4 is 5.32 Å². The molecule has 1 N–H and O–H groups in total. The van der Waals surface area contributed by atoms with Crippen LogP contribution in [0.5, 0.6) is 0 Å². The van der Waals surface area contributed by atoms with E-state index in [1.165, 1.54) is 24.5 Å². The number of hydrogen-bond donors (Lipinski definition) is 1. The zero-order chi connectivity index (χ0) is 29.6. The lowest BCUT2D eigenvalue weighted by atomic mass is 9.89. The van der Waals surface area contributed by atoms with Crippen LogP contribution >= 0.6 is 0 Å². The molecule has 2 aromatic carbocycles. The smallest absolute Gasteiger partial charge is 0.349 e. The van der Waals surface area contributed by atoms with Crippen molar-refractivity contribution in [3.05, 3.63) is 95.6 Å². The Morgan fingerprint density at radius 2 is 1.40 bits per heavy atom. The van der Waals surface area contributed by atoms with Gasteiger partial charge in [-0.25, -0.2) is 17.2 Å². The molecular formula is C26H20F8N2O3S. The zero-order valence-corrected chi connectivity index (χ0v) is 21.0. The highest BCUT2D eigenvalue weighted by atomic mass is 32.2. The summed E-state index contributed by atoms with van der Waals surface area (Å²) < 4.78 is 133. The van der Waals surface area contributed by atoms with Crippen molar-refractivity contribution >= 4 is 15.7 Å². The third-order valence-corrected chi connectivity index (χ3v) is 9.51. The van der Waals surface area contributed by atoms with Crippen LogP contribution in [0.15, 0.2) is 78.0 Å². The van der Waals surface area contributed by atoms with Crippen molar-refractivity contribution in [2.45, 2.75) is 53.0 Å². The van der Waals surface area contributed by atoms with Crippen molar-refractivity contribution in [1.29, 1.82) is 0 Å². The highest BCUT2D eigenvalue weighted by molar-refractivity contribution is 7.92. The summed E-state index contributed by atoms with van der Waals surface area (Å²) in [5.74, 6) is -1.31. The third kappa shape index (κ3) is 4.93. The van der Waals surface area contributed by atoms with E-state index in [2.05, 4.69) is 10.3 Å². The summed E-state index contributed by atoms with van der Waals surface area (Å²) in [6.45, 7) is 0. The Labute approximate surface area is 223 Å². The fraction of sp³-hybridized carbons (Fsp3) is 0.308. The summed E-state index contributed by atoms with van der Waals surface area (Å²) in [5, 5.41) is 2.68. The van der Waals surface area contributed by atoms with E-state index in [1.807, 2.05) is 0 Å². The van der Waals surface area contributed by atoms with Crippen LogP contribution in [-0.4, -0.2) is 37.7 Å². The molecule has 0 spiro atoms. The number of pyridine rings is 1. The Balaban J connectivity index is 1.78. The van der Waals surface area contributed by atoms with Crippen LogP contribution in [-0.2, 0) is 20.3 Å². The van der Waals surface area contributed by atoms with Gasteiger partial charge in [-0.2, -0.15) is 26.3 Å². The summed E-state index contributed by atoms with van der Waals surface area (Å²) in [6.07, 6.45) is -10.4. The molecular weight excluding hydrogens is 572 g/mol. The van der Waals surface area contributed by atoms with Crippen LogP contribution in [0.4, 0.5) is 35.1 Å². The molecule has 1 aliphatic carbocycles. The number of hydrogen-bond acceptors (Lipinski definition) is 4. The quantitative estimate of drug-likeness (QED) is 0.275. The Morgan fingerprint density at radius 3 is 1.93 bits per heavy atom. The average molecular weight is 593 g/mol. The number of carbonyl (C=O) groups excluding carboxylic acids is 1. The molecule has 1 aliphatic rings. The Bertz CT molecular complexity index is 1460. The third-order valence-electron chi connectivity index (χ3n) is 6.98. The topological polar surface area (TPSA) is 76.1 Å². The van der Waals surface area contributed by atoms with Crippen molar-refractivity contribution in [2.75, 3.05) is 0 Å². The van der Waals surface area contributed by atoms with Gasteiger partial charge in [0.25, 0.3) is 5.91 Å². The van der Waals surface area contributed by atoms with E-state index in [0.29, 0.717) is 12.1 Å². The molecule has 2 atom stereocenters. The van der Waals surface area contributed by atoms with Gasteiger partial charge in [-0.05, 0) is 61.2 Å². The molecule has 4 rings (SSSR count). The number of amides is 1. The lowest BCUT2D eigenvalue weighted by molar-refractivity contribution is -0.348. The Kier molecular flexibility index (Phi) is 7.45.